The van der Waals surface area contributed by atoms with E-state index in [1.54, 1.807) is 25.3 Å². The normalized spacial score (nSPS) is 10.9. The Morgan fingerprint density at radius 3 is 2.61 bits per heavy atom. The summed E-state index contributed by atoms with van der Waals surface area (Å²) in [5.41, 5.74) is 2.37. The number of nitriles is 1. The topological polar surface area (TPSA) is 136 Å². The fourth-order valence-electron chi connectivity index (χ4n) is 4.39. The highest BCUT2D eigenvalue weighted by molar-refractivity contribution is 6.00. The van der Waals surface area contributed by atoms with E-state index in [0.29, 0.717) is 46.4 Å². The fourth-order valence-corrected chi connectivity index (χ4v) is 4.39. The molecule has 0 saturated carbocycles. The van der Waals surface area contributed by atoms with E-state index < -0.39 is 11.7 Å². The number of aryl methyl sites for hydroxylation is 1. The van der Waals surface area contributed by atoms with Gasteiger partial charge in [-0.25, -0.2) is 19.3 Å². The molecule has 2 aromatic carbocycles. The lowest BCUT2D eigenvalue weighted by atomic mass is 10.1. The Morgan fingerprint density at radius 1 is 1.17 bits per heavy atom. The predicted molar refractivity (Wildman–Crippen MR) is 153 cm³/mol. The number of nitrogens with one attached hydrogen (secondary N) is 2. The van der Waals surface area contributed by atoms with Crippen LogP contribution in [0.25, 0.3) is 22.3 Å². The highest BCUT2D eigenvalue weighted by Crippen LogP contribution is 2.38. The fraction of sp³-hybridized carbons (Fsp3) is 0.276. The first kappa shape index (κ1) is 29.0. The number of amides is 1. The van der Waals surface area contributed by atoms with E-state index in [-0.39, 0.29) is 35.4 Å². The molecule has 12 heteroatoms. The smallest absolute Gasteiger partial charge is 0.247 e. The van der Waals surface area contributed by atoms with Crippen molar-refractivity contribution in [2.45, 2.75) is 26.8 Å². The summed E-state index contributed by atoms with van der Waals surface area (Å²) in [5, 5.41) is 15.6. The van der Waals surface area contributed by atoms with E-state index in [1.165, 1.54) is 19.4 Å². The molecule has 2 N–H and O–H groups in total. The Labute approximate surface area is 236 Å². The molecule has 0 saturated heterocycles. The monoisotopic (exact) mass is 559 g/mol. The van der Waals surface area contributed by atoms with Gasteiger partial charge in [-0.1, -0.05) is 6.58 Å². The molecule has 41 heavy (non-hydrogen) atoms. The maximum absolute atomic E-state index is 15.2. The number of hydrogen-bond donors (Lipinski definition) is 2. The first-order chi connectivity index (χ1) is 19.7. The van der Waals surface area contributed by atoms with Crippen molar-refractivity contribution in [1.29, 1.82) is 5.26 Å². The molecule has 4 aromatic rings. The van der Waals surface area contributed by atoms with Crippen molar-refractivity contribution >= 4 is 34.3 Å². The second-order valence-corrected chi connectivity index (χ2v) is 9.22. The minimum Gasteiger partial charge on any atom is -0.494 e. The van der Waals surface area contributed by atoms with E-state index >= 15 is 4.39 Å². The Bertz CT molecular complexity index is 1660. The van der Waals surface area contributed by atoms with Crippen molar-refractivity contribution < 1.29 is 23.4 Å². The lowest BCUT2D eigenvalue weighted by Crippen LogP contribution is -2.12. The van der Waals surface area contributed by atoms with Crippen LogP contribution in [0.2, 0.25) is 0 Å². The molecular formula is C29H30FN7O4. The molecule has 11 nitrogen and oxygen atoms in total. The van der Waals surface area contributed by atoms with Gasteiger partial charge >= 0.3 is 0 Å². The molecule has 0 unspecified atom stereocenters. The zero-order valence-electron chi connectivity index (χ0n) is 23.4. The number of halogens is 1. The summed E-state index contributed by atoms with van der Waals surface area (Å²) in [5.74, 6) is 0.542. The molecule has 0 spiro atoms. The molecule has 0 aliphatic heterocycles. The average molecular weight is 560 g/mol. The Hall–Kier alpha value is -5.02. The van der Waals surface area contributed by atoms with Crippen LogP contribution in [0.5, 0.6) is 11.5 Å². The summed E-state index contributed by atoms with van der Waals surface area (Å²) in [7, 11) is 3.03. The molecule has 212 valence electrons. The van der Waals surface area contributed by atoms with Gasteiger partial charge in [-0.2, -0.15) is 5.26 Å². The third-order valence-corrected chi connectivity index (χ3v) is 6.16. The molecule has 0 aliphatic carbocycles. The van der Waals surface area contributed by atoms with Gasteiger partial charge in [0.05, 0.1) is 48.1 Å². The highest BCUT2D eigenvalue weighted by Gasteiger charge is 2.19. The number of methoxy groups -OCH3 is 2. The summed E-state index contributed by atoms with van der Waals surface area (Å²) in [6.07, 6.45) is 2.49. The average Bonchev–Trinajstić information content (AvgIpc) is 3.30. The minimum atomic E-state index is -0.523. The van der Waals surface area contributed by atoms with Gasteiger partial charge in [-0.3, -0.25) is 4.79 Å². The third-order valence-electron chi connectivity index (χ3n) is 6.16. The summed E-state index contributed by atoms with van der Waals surface area (Å²) < 4.78 is 33.5. The van der Waals surface area contributed by atoms with E-state index in [4.69, 9.17) is 14.2 Å². The van der Waals surface area contributed by atoms with Crippen LogP contribution in [0.15, 0.2) is 43.1 Å². The summed E-state index contributed by atoms with van der Waals surface area (Å²) in [6, 6.07) is 8.39. The van der Waals surface area contributed by atoms with Crippen LogP contribution in [-0.2, 0) is 9.53 Å². The number of ether oxygens (including phenoxy) is 3. The highest BCUT2D eigenvalue weighted by atomic mass is 19.1. The van der Waals surface area contributed by atoms with Crippen molar-refractivity contribution in [3.05, 3.63) is 60.3 Å². The molecule has 2 heterocycles. The van der Waals surface area contributed by atoms with Crippen LogP contribution in [-0.4, -0.2) is 52.9 Å². The number of benzene rings is 2. The molecular weight excluding hydrogens is 529 g/mol. The zero-order chi connectivity index (χ0) is 29.7. The van der Waals surface area contributed by atoms with Crippen LogP contribution in [0.1, 0.15) is 31.3 Å². The first-order valence-electron chi connectivity index (χ1n) is 12.7. The third kappa shape index (κ3) is 6.10. The Kier molecular flexibility index (Phi) is 8.79. The summed E-state index contributed by atoms with van der Waals surface area (Å²) in [6.45, 7) is 9.85. The number of nitrogens with zero attached hydrogens (tertiary/aromatic N) is 5. The molecule has 0 fully saturated rings. The lowest BCUT2D eigenvalue weighted by Gasteiger charge is -2.17. The lowest BCUT2D eigenvalue weighted by molar-refractivity contribution is -0.111. The maximum atomic E-state index is 15.2. The number of hydrogen-bond acceptors (Lipinski definition) is 9. The number of anilines is 3. The molecule has 0 atom stereocenters. The van der Waals surface area contributed by atoms with Crippen LogP contribution >= 0.6 is 0 Å². The number of rotatable bonds is 11. The first-order valence-corrected chi connectivity index (χ1v) is 12.7. The predicted octanol–water partition coefficient (Wildman–Crippen LogP) is 5.30. The molecule has 2 aromatic heterocycles. The molecule has 0 aliphatic rings. The number of carbonyl (C=O) groups excluding carboxylic acids is 1. The van der Waals surface area contributed by atoms with Crippen LogP contribution in [0.4, 0.5) is 21.7 Å². The zero-order valence-corrected chi connectivity index (χ0v) is 23.4. The second kappa shape index (κ2) is 12.4. The molecule has 4 rings (SSSR count). The molecule has 0 bridgehead atoms. The number of carbonyl (C=O) groups is 1. The van der Waals surface area contributed by atoms with E-state index in [0.717, 1.165) is 6.08 Å². The van der Waals surface area contributed by atoms with Crippen molar-refractivity contribution in [2.75, 3.05) is 38.1 Å². The van der Waals surface area contributed by atoms with Crippen molar-refractivity contribution in [1.82, 2.24) is 19.5 Å². The van der Waals surface area contributed by atoms with E-state index in [2.05, 4.69) is 38.2 Å². The quantitative estimate of drug-likeness (QED) is 0.185. The standard InChI is InChI=1S/C29H30FN7O4/c1-7-26(38)34-22-12-21(24(40-6)13-25(22)41-9-8-39-5)35-29-32-15-19(14-31)27(36-29)18-10-20(30)28-23(11-18)37(16(2)3)17(4)33-28/h7,10-13,15-16H,1,8-9H2,2-6H3,(H,34,38)(H,32,35,36). The largest absolute Gasteiger partial charge is 0.494 e. The van der Waals surface area contributed by atoms with Crippen molar-refractivity contribution in [3.8, 4) is 28.8 Å². The number of imidazole rings is 1. The van der Waals surface area contributed by atoms with Crippen LogP contribution in [0, 0.1) is 24.1 Å². The van der Waals surface area contributed by atoms with E-state index in [9.17, 15) is 10.1 Å². The Morgan fingerprint density at radius 2 is 1.95 bits per heavy atom. The SMILES string of the molecule is C=CC(=O)Nc1cc(Nc2ncc(C#N)c(-c3cc(F)c4nc(C)n(C(C)C)c4c3)n2)c(OC)cc1OCCOC. The van der Waals surface area contributed by atoms with E-state index in [1.807, 2.05) is 25.3 Å². The van der Waals surface area contributed by atoms with Crippen LogP contribution < -0.4 is 20.1 Å². The van der Waals surface area contributed by atoms with Gasteiger partial charge in [0.2, 0.25) is 11.9 Å². The number of fused-ring (bicyclic) bond motifs is 1. The van der Waals surface area contributed by atoms with Gasteiger partial charge < -0.3 is 29.4 Å². The molecule has 1 amide bonds. The van der Waals surface area contributed by atoms with Gasteiger partial charge in [0.15, 0.2) is 5.82 Å². The van der Waals surface area contributed by atoms with Gasteiger partial charge in [-0.15, -0.1) is 0 Å². The van der Waals surface area contributed by atoms with Crippen LogP contribution in [0.3, 0.4) is 0 Å². The van der Waals surface area contributed by atoms with Gasteiger partial charge in [0, 0.05) is 24.8 Å². The van der Waals surface area contributed by atoms with Gasteiger partial charge in [0.1, 0.15) is 35.5 Å². The van der Waals surface area contributed by atoms with Crippen molar-refractivity contribution in [2.24, 2.45) is 0 Å². The maximum Gasteiger partial charge on any atom is 0.247 e. The minimum absolute atomic E-state index is 0.0393. The molecule has 0 radical (unpaired) electrons. The summed E-state index contributed by atoms with van der Waals surface area (Å²) in [4.78, 5) is 25.3. The summed E-state index contributed by atoms with van der Waals surface area (Å²) >= 11 is 0. The second-order valence-electron chi connectivity index (χ2n) is 9.22. The van der Waals surface area contributed by atoms with Crippen molar-refractivity contribution in [3.63, 3.8) is 0 Å². The van der Waals surface area contributed by atoms with Gasteiger partial charge in [0.25, 0.3) is 0 Å². The number of aromatic nitrogens is 4. The van der Waals surface area contributed by atoms with Gasteiger partial charge in [-0.05, 0) is 45.0 Å². The Balaban J connectivity index is 1.79.